The van der Waals surface area contributed by atoms with Crippen molar-refractivity contribution in [1.82, 2.24) is 14.9 Å². The van der Waals surface area contributed by atoms with Crippen LogP contribution in [-0.4, -0.2) is 71.1 Å². The number of phenols is 1. The van der Waals surface area contributed by atoms with Gasteiger partial charge in [0, 0.05) is 49.2 Å². The highest BCUT2D eigenvalue weighted by molar-refractivity contribution is 6.06. The smallest absolute Gasteiger partial charge is 0.277 e. The zero-order chi connectivity index (χ0) is 27.4. The molecular weight excluding hydrogens is 492 g/mol. The first-order valence-electron chi connectivity index (χ1n) is 13.7. The number of nitrogens with one attached hydrogen (secondary N) is 1. The molecule has 0 spiro atoms. The number of para-hydroxylation sites is 1. The van der Waals surface area contributed by atoms with E-state index in [1.54, 1.807) is 18.2 Å². The monoisotopic (exact) mass is 528 g/mol. The largest absolute Gasteiger partial charge is 0.508 e. The van der Waals surface area contributed by atoms with Crippen LogP contribution in [-0.2, 0) is 17.6 Å². The predicted octanol–water partition coefficient (Wildman–Crippen LogP) is 3.88. The fourth-order valence-corrected chi connectivity index (χ4v) is 5.83. The minimum absolute atomic E-state index is 0.0690. The minimum Gasteiger partial charge on any atom is -0.508 e. The molecule has 1 aromatic heterocycles. The van der Waals surface area contributed by atoms with Gasteiger partial charge in [-0.1, -0.05) is 25.1 Å². The molecule has 2 aliphatic rings. The maximum atomic E-state index is 13.6. The van der Waals surface area contributed by atoms with Crippen molar-refractivity contribution in [3.63, 3.8) is 0 Å². The molecule has 9 nitrogen and oxygen atoms in total. The molecule has 3 aromatic rings. The van der Waals surface area contributed by atoms with Gasteiger partial charge in [-0.05, 0) is 74.5 Å². The Bertz CT molecular complexity index is 1320. The number of hydrogen-bond donors (Lipinski definition) is 2. The Morgan fingerprint density at radius 2 is 1.95 bits per heavy atom. The number of anilines is 3. The third-order valence-corrected chi connectivity index (χ3v) is 8.08. The maximum Gasteiger partial charge on any atom is 0.277 e. The second-order valence-corrected chi connectivity index (χ2v) is 10.4. The summed E-state index contributed by atoms with van der Waals surface area (Å²) in [6.45, 7) is 4.61. The fraction of sp³-hybridized carbons (Fsp3) is 0.400. The number of nitrogens with zero attached hydrogens (tertiary/aromatic N) is 5. The van der Waals surface area contributed by atoms with Crippen molar-refractivity contribution in [3.8, 4) is 5.75 Å². The maximum absolute atomic E-state index is 13.6. The number of benzene rings is 2. The van der Waals surface area contributed by atoms with Crippen molar-refractivity contribution in [2.75, 3.05) is 41.8 Å². The molecule has 2 N–H and O–H groups in total. The molecule has 2 amide bonds. The van der Waals surface area contributed by atoms with Crippen molar-refractivity contribution < 1.29 is 14.7 Å². The van der Waals surface area contributed by atoms with E-state index in [0.29, 0.717) is 18.1 Å². The molecule has 204 valence electrons. The molecule has 1 saturated heterocycles. The third kappa shape index (κ3) is 5.73. The lowest BCUT2D eigenvalue weighted by atomic mass is 10.0. The number of amides is 2. The van der Waals surface area contributed by atoms with Gasteiger partial charge >= 0.3 is 0 Å². The van der Waals surface area contributed by atoms with Crippen LogP contribution in [0.15, 0.2) is 54.9 Å². The van der Waals surface area contributed by atoms with Gasteiger partial charge in [0.15, 0.2) is 0 Å². The Morgan fingerprint density at radius 3 is 2.72 bits per heavy atom. The summed E-state index contributed by atoms with van der Waals surface area (Å²) < 4.78 is 0. The van der Waals surface area contributed by atoms with Gasteiger partial charge in [0.25, 0.3) is 5.91 Å². The molecular formula is C30H36N6O3. The summed E-state index contributed by atoms with van der Waals surface area (Å²) in [5.74, 6) is 0.916. The number of aromatic hydroxyl groups is 1. The van der Waals surface area contributed by atoms with E-state index in [1.165, 1.54) is 11.9 Å². The first-order chi connectivity index (χ1) is 19.0. The van der Waals surface area contributed by atoms with Gasteiger partial charge in [0.1, 0.15) is 23.6 Å². The standard InChI is InChI=1S/C30H36N6O3/c1-3-23-16-22-6-4-5-7-28(22)36(23)30(39)27-18-29(32-19-31-27)35-14-11-24(12-15-35)34(2)13-10-21-17-25(38)8-9-26(21)33-20-37/h4-9,17-20,23-24,38H,3,10-16H2,1-2H3,(H,33,37). The molecule has 0 saturated carbocycles. The van der Waals surface area contributed by atoms with E-state index < -0.39 is 0 Å². The Labute approximate surface area is 229 Å². The van der Waals surface area contributed by atoms with E-state index in [9.17, 15) is 14.7 Å². The molecule has 1 atom stereocenters. The summed E-state index contributed by atoms with van der Waals surface area (Å²) in [5, 5.41) is 12.6. The number of phenolic OH excluding ortho intramolecular Hbond substituents is 1. The first kappa shape index (κ1) is 26.6. The lowest BCUT2D eigenvalue weighted by molar-refractivity contribution is -0.105. The Kier molecular flexibility index (Phi) is 8.07. The third-order valence-electron chi connectivity index (χ3n) is 8.08. The number of hydrogen-bond acceptors (Lipinski definition) is 7. The van der Waals surface area contributed by atoms with Crippen LogP contribution in [0, 0.1) is 0 Å². The zero-order valence-corrected chi connectivity index (χ0v) is 22.6. The number of likely N-dealkylation sites (N-methyl/N-ethyl adjacent to an activating group) is 1. The highest BCUT2D eigenvalue weighted by atomic mass is 16.3. The number of fused-ring (bicyclic) bond motifs is 1. The molecule has 2 aromatic carbocycles. The van der Waals surface area contributed by atoms with Crippen molar-refractivity contribution in [3.05, 3.63) is 71.7 Å². The van der Waals surface area contributed by atoms with E-state index >= 15 is 0 Å². The lowest BCUT2D eigenvalue weighted by Gasteiger charge is -2.37. The van der Waals surface area contributed by atoms with Crippen LogP contribution < -0.4 is 15.1 Å². The summed E-state index contributed by atoms with van der Waals surface area (Å²) in [5.41, 5.74) is 4.26. The molecule has 0 radical (unpaired) electrons. The van der Waals surface area contributed by atoms with Crippen LogP contribution in [0.1, 0.15) is 47.8 Å². The molecule has 3 heterocycles. The molecule has 9 heteroatoms. The van der Waals surface area contributed by atoms with Crippen molar-refractivity contribution in [1.29, 1.82) is 0 Å². The van der Waals surface area contributed by atoms with Gasteiger partial charge in [-0.15, -0.1) is 0 Å². The van der Waals surface area contributed by atoms with Gasteiger partial charge in [-0.2, -0.15) is 0 Å². The summed E-state index contributed by atoms with van der Waals surface area (Å²) in [6, 6.07) is 15.5. The quantitative estimate of drug-likeness (QED) is 0.321. The Balaban J connectivity index is 1.20. The van der Waals surface area contributed by atoms with Gasteiger partial charge in [0.05, 0.1) is 0 Å². The van der Waals surface area contributed by atoms with Crippen LogP contribution in [0.2, 0.25) is 0 Å². The second-order valence-electron chi connectivity index (χ2n) is 10.4. The van der Waals surface area contributed by atoms with E-state index in [1.807, 2.05) is 29.2 Å². The number of rotatable bonds is 9. The van der Waals surface area contributed by atoms with Crippen LogP contribution in [0.3, 0.4) is 0 Å². The topological polar surface area (TPSA) is 102 Å². The van der Waals surface area contributed by atoms with E-state index in [4.69, 9.17) is 0 Å². The van der Waals surface area contributed by atoms with Gasteiger partial charge < -0.3 is 25.1 Å². The minimum atomic E-state index is -0.0690. The van der Waals surface area contributed by atoms with Crippen LogP contribution in [0.25, 0.3) is 0 Å². The SMILES string of the molecule is CCC1Cc2ccccc2N1C(=O)c1cc(N2CCC(N(C)CCc3cc(O)ccc3NC=O)CC2)ncn1. The highest BCUT2D eigenvalue weighted by Gasteiger charge is 2.34. The van der Waals surface area contributed by atoms with Crippen molar-refractivity contribution in [2.24, 2.45) is 0 Å². The molecule has 1 unspecified atom stereocenters. The average molecular weight is 529 g/mol. The first-order valence-corrected chi connectivity index (χ1v) is 13.7. The predicted molar refractivity (Wildman–Crippen MR) is 152 cm³/mol. The molecule has 0 bridgehead atoms. The summed E-state index contributed by atoms with van der Waals surface area (Å²) in [4.78, 5) is 39.9. The molecule has 39 heavy (non-hydrogen) atoms. The second kappa shape index (κ2) is 11.8. The Hall–Kier alpha value is -3.98. The van der Waals surface area contributed by atoms with E-state index in [-0.39, 0.29) is 17.7 Å². The zero-order valence-electron chi connectivity index (χ0n) is 22.6. The van der Waals surface area contributed by atoms with Crippen molar-refractivity contribution >= 4 is 29.5 Å². The number of aromatic nitrogens is 2. The average Bonchev–Trinajstić information content (AvgIpc) is 3.35. The van der Waals surface area contributed by atoms with Gasteiger partial charge in [-0.3, -0.25) is 9.59 Å². The number of piperidine rings is 1. The van der Waals surface area contributed by atoms with Crippen LogP contribution in [0.4, 0.5) is 17.2 Å². The van der Waals surface area contributed by atoms with E-state index in [2.05, 4.69) is 45.1 Å². The highest BCUT2D eigenvalue weighted by Crippen LogP contribution is 2.34. The summed E-state index contributed by atoms with van der Waals surface area (Å²) >= 11 is 0. The molecule has 1 fully saturated rings. The fourth-order valence-electron chi connectivity index (χ4n) is 5.83. The van der Waals surface area contributed by atoms with Crippen LogP contribution >= 0.6 is 0 Å². The van der Waals surface area contributed by atoms with E-state index in [0.717, 1.165) is 74.5 Å². The van der Waals surface area contributed by atoms with Crippen molar-refractivity contribution in [2.45, 2.75) is 51.1 Å². The summed E-state index contributed by atoms with van der Waals surface area (Å²) in [7, 11) is 2.12. The lowest BCUT2D eigenvalue weighted by Crippen LogP contribution is -2.44. The molecule has 0 aliphatic carbocycles. The van der Waals surface area contributed by atoms with Gasteiger partial charge in [0.2, 0.25) is 6.41 Å². The number of carbonyl (C=O) groups excluding carboxylic acids is 2. The van der Waals surface area contributed by atoms with Gasteiger partial charge in [-0.25, -0.2) is 9.97 Å². The summed E-state index contributed by atoms with van der Waals surface area (Å²) in [6.07, 6.45) is 6.59. The normalized spacial score (nSPS) is 17.4. The molecule has 2 aliphatic heterocycles. The Morgan fingerprint density at radius 1 is 1.15 bits per heavy atom. The number of carbonyl (C=O) groups is 2. The van der Waals surface area contributed by atoms with Crippen LogP contribution in [0.5, 0.6) is 5.75 Å². The molecule has 5 rings (SSSR count).